The second-order valence-electron chi connectivity index (χ2n) is 4.44. The first-order chi connectivity index (χ1) is 9.82. The van der Waals surface area contributed by atoms with E-state index < -0.39 is 6.36 Å². The Bertz CT molecular complexity index is 620. The van der Waals surface area contributed by atoms with Gasteiger partial charge in [0, 0.05) is 18.2 Å². The van der Waals surface area contributed by atoms with Crippen molar-refractivity contribution in [1.29, 1.82) is 0 Å². The van der Waals surface area contributed by atoms with Crippen LogP contribution in [0, 0.1) is 6.92 Å². The SMILES string of the molecule is Cc1nc(CC(=O)Cc2ccc(OC(F)(F)F)cc2)cs1. The van der Waals surface area contributed by atoms with Gasteiger partial charge in [-0.2, -0.15) is 0 Å². The minimum Gasteiger partial charge on any atom is -0.406 e. The number of hydrogen-bond acceptors (Lipinski definition) is 4. The molecule has 1 aromatic heterocycles. The third-order valence-electron chi connectivity index (χ3n) is 2.60. The fraction of sp³-hybridized carbons (Fsp3) is 0.286. The minimum atomic E-state index is -4.71. The van der Waals surface area contributed by atoms with Gasteiger partial charge in [0.05, 0.1) is 10.7 Å². The first-order valence-corrected chi connectivity index (χ1v) is 6.97. The van der Waals surface area contributed by atoms with Crippen molar-refractivity contribution >= 4 is 17.1 Å². The molecular weight excluding hydrogens is 303 g/mol. The molecule has 2 rings (SSSR count). The number of aromatic nitrogens is 1. The monoisotopic (exact) mass is 315 g/mol. The Morgan fingerprint density at radius 2 is 1.90 bits per heavy atom. The third kappa shape index (κ3) is 5.18. The van der Waals surface area contributed by atoms with Gasteiger partial charge in [-0.15, -0.1) is 24.5 Å². The predicted octanol–water partition coefficient (Wildman–Crippen LogP) is 3.70. The molecule has 1 heterocycles. The maximum atomic E-state index is 12.0. The topological polar surface area (TPSA) is 39.2 Å². The van der Waals surface area contributed by atoms with Crippen LogP contribution in [0.2, 0.25) is 0 Å². The van der Waals surface area contributed by atoms with Crippen LogP contribution in [0.4, 0.5) is 13.2 Å². The Morgan fingerprint density at radius 1 is 1.24 bits per heavy atom. The molecule has 0 fully saturated rings. The Labute approximate surface area is 123 Å². The number of halogens is 3. The molecule has 112 valence electrons. The number of benzene rings is 1. The summed E-state index contributed by atoms with van der Waals surface area (Å²) < 4.78 is 39.8. The molecule has 0 saturated heterocycles. The lowest BCUT2D eigenvalue weighted by molar-refractivity contribution is -0.274. The van der Waals surface area contributed by atoms with Crippen LogP contribution in [0.3, 0.4) is 0 Å². The van der Waals surface area contributed by atoms with Crippen molar-refractivity contribution in [3.8, 4) is 5.75 Å². The number of ketones is 1. The number of carbonyl (C=O) groups excluding carboxylic acids is 1. The molecule has 2 aromatic rings. The number of ether oxygens (including phenoxy) is 1. The summed E-state index contributed by atoms with van der Waals surface area (Å²) >= 11 is 1.47. The average molecular weight is 315 g/mol. The highest BCUT2D eigenvalue weighted by molar-refractivity contribution is 7.09. The quantitative estimate of drug-likeness (QED) is 0.844. The number of nitrogens with zero attached hydrogens (tertiary/aromatic N) is 1. The molecule has 0 bridgehead atoms. The second kappa shape index (κ2) is 6.26. The summed E-state index contributed by atoms with van der Waals surface area (Å²) in [5, 5.41) is 2.72. The van der Waals surface area contributed by atoms with E-state index in [1.807, 2.05) is 12.3 Å². The number of rotatable bonds is 5. The van der Waals surface area contributed by atoms with Crippen molar-refractivity contribution in [2.75, 3.05) is 0 Å². The number of thiazole rings is 1. The lowest BCUT2D eigenvalue weighted by Crippen LogP contribution is -2.17. The molecule has 3 nitrogen and oxygen atoms in total. The minimum absolute atomic E-state index is 0.0372. The van der Waals surface area contributed by atoms with Crippen molar-refractivity contribution in [1.82, 2.24) is 4.98 Å². The van der Waals surface area contributed by atoms with Crippen LogP contribution >= 0.6 is 11.3 Å². The van der Waals surface area contributed by atoms with Gasteiger partial charge in [-0.1, -0.05) is 12.1 Å². The zero-order valence-electron chi connectivity index (χ0n) is 11.1. The maximum Gasteiger partial charge on any atom is 0.573 e. The van der Waals surface area contributed by atoms with E-state index in [1.165, 1.54) is 35.6 Å². The standard InChI is InChI=1S/C14H12F3NO2S/c1-9-18-11(8-21-9)7-12(19)6-10-2-4-13(5-3-10)20-14(15,16)17/h2-5,8H,6-7H2,1H3. The molecule has 0 unspecified atom stereocenters. The van der Waals surface area contributed by atoms with Gasteiger partial charge in [-0.3, -0.25) is 4.79 Å². The molecule has 1 aromatic carbocycles. The summed E-state index contributed by atoms with van der Waals surface area (Å²) in [5.74, 6) is -0.335. The van der Waals surface area contributed by atoms with Crippen molar-refractivity contribution < 1.29 is 22.7 Å². The van der Waals surface area contributed by atoms with Gasteiger partial charge in [0.15, 0.2) is 0 Å². The molecule has 0 saturated carbocycles. The summed E-state index contributed by atoms with van der Waals surface area (Å²) in [6, 6.07) is 5.29. The molecule has 0 aliphatic carbocycles. The lowest BCUT2D eigenvalue weighted by atomic mass is 10.1. The molecule has 0 atom stereocenters. The van der Waals surface area contributed by atoms with Crippen LogP contribution in [0.5, 0.6) is 5.75 Å². The van der Waals surface area contributed by atoms with E-state index in [0.717, 1.165) is 10.7 Å². The van der Waals surface area contributed by atoms with Crippen molar-refractivity contribution in [2.24, 2.45) is 0 Å². The predicted molar refractivity (Wildman–Crippen MR) is 72.4 cm³/mol. The van der Waals surface area contributed by atoms with Crippen LogP contribution < -0.4 is 4.74 Å². The smallest absolute Gasteiger partial charge is 0.406 e. The molecular formula is C14H12F3NO2S. The van der Waals surface area contributed by atoms with E-state index >= 15 is 0 Å². The van der Waals surface area contributed by atoms with E-state index in [4.69, 9.17) is 0 Å². The van der Waals surface area contributed by atoms with E-state index in [0.29, 0.717) is 5.56 Å². The Morgan fingerprint density at radius 3 is 2.43 bits per heavy atom. The Hall–Kier alpha value is -1.89. The van der Waals surface area contributed by atoms with Crippen molar-refractivity contribution in [2.45, 2.75) is 26.1 Å². The largest absolute Gasteiger partial charge is 0.573 e. The van der Waals surface area contributed by atoms with Crippen LogP contribution in [0.25, 0.3) is 0 Å². The number of alkyl halides is 3. The van der Waals surface area contributed by atoms with Gasteiger partial charge in [0.1, 0.15) is 11.5 Å². The van der Waals surface area contributed by atoms with E-state index in [2.05, 4.69) is 9.72 Å². The van der Waals surface area contributed by atoms with Gasteiger partial charge in [0.2, 0.25) is 0 Å². The van der Waals surface area contributed by atoms with Crippen molar-refractivity contribution in [3.05, 3.63) is 45.9 Å². The average Bonchev–Trinajstić information content (AvgIpc) is 2.75. The lowest BCUT2D eigenvalue weighted by Gasteiger charge is -2.09. The summed E-state index contributed by atoms with van der Waals surface area (Å²) in [7, 11) is 0. The van der Waals surface area contributed by atoms with E-state index in [1.54, 1.807) is 0 Å². The number of Topliss-reactive ketones (excluding diaryl/α,β-unsaturated/α-hetero) is 1. The molecule has 0 amide bonds. The first kappa shape index (κ1) is 15.5. The highest BCUT2D eigenvalue weighted by Crippen LogP contribution is 2.23. The zero-order chi connectivity index (χ0) is 15.5. The second-order valence-corrected chi connectivity index (χ2v) is 5.50. The molecule has 7 heteroatoms. The number of aryl methyl sites for hydroxylation is 1. The van der Waals surface area contributed by atoms with Crippen LogP contribution in [-0.2, 0) is 17.6 Å². The third-order valence-corrected chi connectivity index (χ3v) is 3.43. The van der Waals surface area contributed by atoms with Crippen LogP contribution in [-0.4, -0.2) is 17.1 Å². The van der Waals surface area contributed by atoms with Crippen molar-refractivity contribution in [3.63, 3.8) is 0 Å². The maximum absolute atomic E-state index is 12.0. The molecule has 0 N–H and O–H groups in total. The first-order valence-electron chi connectivity index (χ1n) is 6.09. The molecule has 21 heavy (non-hydrogen) atoms. The van der Waals surface area contributed by atoms with Gasteiger partial charge < -0.3 is 4.74 Å². The van der Waals surface area contributed by atoms with Gasteiger partial charge >= 0.3 is 6.36 Å². The summed E-state index contributed by atoms with van der Waals surface area (Å²) in [6.07, 6.45) is -4.33. The zero-order valence-corrected chi connectivity index (χ0v) is 11.9. The molecule has 0 spiro atoms. The fourth-order valence-corrected chi connectivity index (χ4v) is 2.40. The van der Waals surface area contributed by atoms with Gasteiger partial charge in [0.25, 0.3) is 0 Å². The van der Waals surface area contributed by atoms with E-state index in [-0.39, 0.29) is 24.4 Å². The number of hydrogen-bond donors (Lipinski definition) is 0. The Kier molecular flexibility index (Phi) is 4.62. The molecule has 0 aliphatic rings. The molecule has 0 aliphatic heterocycles. The number of carbonyl (C=O) groups is 1. The Balaban J connectivity index is 1.92. The van der Waals surface area contributed by atoms with Crippen LogP contribution in [0.1, 0.15) is 16.3 Å². The summed E-state index contributed by atoms with van der Waals surface area (Å²) in [6.45, 7) is 1.86. The van der Waals surface area contributed by atoms with Gasteiger partial charge in [-0.25, -0.2) is 4.98 Å². The van der Waals surface area contributed by atoms with E-state index in [9.17, 15) is 18.0 Å². The molecule has 0 radical (unpaired) electrons. The normalized spacial score (nSPS) is 11.4. The van der Waals surface area contributed by atoms with Crippen LogP contribution in [0.15, 0.2) is 29.6 Å². The fourth-order valence-electron chi connectivity index (χ4n) is 1.79. The van der Waals surface area contributed by atoms with Gasteiger partial charge in [-0.05, 0) is 24.6 Å². The summed E-state index contributed by atoms with van der Waals surface area (Å²) in [4.78, 5) is 16.1. The highest BCUT2D eigenvalue weighted by Gasteiger charge is 2.30. The summed E-state index contributed by atoms with van der Waals surface area (Å²) in [5.41, 5.74) is 1.36. The highest BCUT2D eigenvalue weighted by atomic mass is 32.1.